The third kappa shape index (κ3) is 2.37. The Bertz CT molecular complexity index is 599. The van der Waals surface area contributed by atoms with Gasteiger partial charge in [-0.2, -0.15) is 0 Å². The van der Waals surface area contributed by atoms with Crippen LogP contribution in [-0.2, 0) is 0 Å². The fraction of sp³-hybridized carbons (Fsp3) is 0.200. The van der Waals surface area contributed by atoms with E-state index in [9.17, 15) is 14.5 Å². The van der Waals surface area contributed by atoms with Gasteiger partial charge >= 0.3 is 0 Å². The summed E-state index contributed by atoms with van der Waals surface area (Å²) in [7, 11) is 0. The highest BCUT2D eigenvalue weighted by molar-refractivity contribution is 9.09. The number of alkyl halides is 1. The number of hydrogen-bond acceptors (Lipinski definition) is 4. The standard InChI is InChI=1S/C10H8BrFN4O2/c1-6(11)8-5-15(14-13-8)9-3-2-7(12)4-10(9)16(17)18/h2-6H,1H3. The van der Waals surface area contributed by atoms with Crippen molar-refractivity contribution in [3.05, 3.63) is 46.0 Å². The fourth-order valence-corrected chi connectivity index (χ4v) is 1.62. The summed E-state index contributed by atoms with van der Waals surface area (Å²) in [6.45, 7) is 1.85. The summed E-state index contributed by atoms with van der Waals surface area (Å²) in [4.78, 5) is 10.2. The van der Waals surface area contributed by atoms with E-state index in [2.05, 4.69) is 26.2 Å². The molecular weight excluding hydrogens is 307 g/mol. The van der Waals surface area contributed by atoms with Crippen molar-refractivity contribution < 1.29 is 9.31 Å². The molecule has 0 amide bonds. The summed E-state index contributed by atoms with van der Waals surface area (Å²) in [6.07, 6.45) is 1.56. The molecule has 0 saturated heterocycles. The zero-order valence-corrected chi connectivity index (χ0v) is 10.8. The van der Waals surface area contributed by atoms with Gasteiger partial charge in [0.1, 0.15) is 11.5 Å². The molecule has 8 heteroatoms. The molecule has 94 valence electrons. The summed E-state index contributed by atoms with van der Waals surface area (Å²) in [5.41, 5.74) is 0.454. The van der Waals surface area contributed by atoms with E-state index < -0.39 is 10.7 Å². The molecular formula is C10H8BrFN4O2. The van der Waals surface area contributed by atoms with Gasteiger partial charge in [0.25, 0.3) is 5.69 Å². The van der Waals surface area contributed by atoms with Crippen molar-refractivity contribution in [3.63, 3.8) is 0 Å². The second kappa shape index (κ2) is 4.81. The van der Waals surface area contributed by atoms with Gasteiger partial charge in [-0.3, -0.25) is 10.1 Å². The smallest absolute Gasteiger partial charge is 0.258 e. The van der Waals surface area contributed by atoms with E-state index in [1.165, 1.54) is 10.7 Å². The Kier molecular flexibility index (Phi) is 3.37. The highest BCUT2D eigenvalue weighted by atomic mass is 79.9. The summed E-state index contributed by atoms with van der Waals surface area (Å²) in [6, 6.07) is 3.29. The predicted molar refractivity (Wildman–Crippen MR) is 65.3 cm³/mol. The minimum atomic E-state index is -0.667. The fourth-order valence-electron chi connectivity index (χ4n) is 1.41. The molecule has 0 N–H and O–H groups in total. The first-order valence-corrected chi connectivity index (χ1v) is 5.91. The van der Waals surface area contributed by atoms with Gasteiger partial charge in [-0.15, -0.1) is 5.10 Å². The lowest BCUT2D eigenvalue weighted by molar-refractivity contribution is -0.384. The van der Waals surface area contributed by atoms with E-state index in [4.69, 9.17) is 0 Å². The normalized spacial score (nSPS) is 12.4. The lowest BCUT2D eigenvalue weighted by Gasteiger charge is -2.01. The van der Waals surface area contributed by atoms with Crippen LogP contribution in [0.5, 0.6) is 0 Å². The monoisotopic (exact) mass is 314 g/mol. The highest BCUT2D eigenvalue weighted by Crippen LogP contribution is 2.25. The second-order valence-electron chi connectivity index (χ2n) is 3.59. The minimum absolute atomic E-state index is 0.0224. The van der Waals surface area contributed by atoms with E-state index in [0.29, 0.717) is 5.69 Å². The number of benzene rings is 1. The maximum atomic E-state index is 13.0. The van der Waals surface area contributed by atoms with Crippen molar-refractivity contribution in [2.45, 2.75) is 11.8 Å². The third-order valence-electron chi connectivity index (χ3n) is 2.30. The van der Waals surface area contributed by atoms with Crippen LogP contribution < -0.4 is 0 Å². The molecule has 18 heavy (non-hydrogen) atoms. The summed E-state index contributed by atoms with van der Waals surface area (Å²) in [5.74, 6) is -0.667. The molecule has 0 aliphatic rings. The number of nitro groups is 1. The van der Waals surface area contributed by atoms with Crippen molar-refractivity contribution in [1.29, 1.82) is 0 Å². The lowest BCUT2D eigenvalue weighted by atomic mass is 10.2. The molecule has 6 nitrogen and oxygen atoms in total. The Hall–Kier alpha value is -1.83. The Balaban J connectivity index is 2.52. The van der Waals surface area contributed by atoms with Crippen LogP contribution in [0.25, 0.3) is 5.69 Å². The molecule has 1 atom stereocenters. The zero-order valence-electron chi connectivity index (χ0n) is 9.25. The predicted octanol–water partition coefficient (Wildman–Crippen LogP) is 2.77. The molecule has 0 bridgehead atoms. The molecule has 1 unspecified atom stereocenters. The van der Waals surface area contributed by atoms with Crippen molar-refractivity contribution in [1.82, 2.24) is 15.0 Å². The van der Waals surface area contributed by atoms with Crippen LogP contribution in [0.1, 0.15) is 17.4 Å². The van der Waals surface area contributed by atoms with Crippen LogP contribution in [0.15, 0.2) is 24.4 Å². The molecule has 1 aromatic heterocycles. The van der Waals surface area contributed by atoms with Gasteiger partial charge in [0, 0.05) is 0 Å². The quantitative estimate of drug-likeness (QED) is 0.496. The first-order valence-electron chi connectivity index (χ1n) is 4.99. The van der Waals surface area contributed by atoms with Crippen molar-refractivity contribution in [2.75, 3.05) is 0 Å². The topological polar surface area (TPSA) is 73.8 Å². The molecule has 0 radical (unpaired) electrons. The van der Waals surface area contributed by atoms with Gasteiger partial charge < -0.3 is 0 Å². The first-order chi connectivity index (χ1) is 8.49. The summed E-state index contributed by atoms with van der Waals surface area (Å²) in [5, 5.41) is 18.5. The Labute approximate surface area is 110 Å². The van der Waals surface area contributed by atoms with Crippen LogP contribution in [0, 0.1) is 15.9 Å². The molecule has 2 rings (SSSR count). The molecule has 0 aliphatic heterocycles. The molecule has 1 heterocycles. The number of aromatic nitrogens is 3. The Morgan fingerprint density at radius 1 is 1.56 bits per heavy atom. The van der Waals surface area contributed by atoms with Crippen LogP contribution in [0.2, 0.25) is 0 Å². The maximum Gasteiger partial charge on any atom is 0.297 e. The van der Waals surface area contributed by atoms with E-state index in [1.807, 2.05) is 6.92 Å². The zero-order chi connectivity index (χ0) is 13.3. The largest absolute Gasteiger partial charge is 0.297 e. The van der Waals surface area contributed by atoms with Crippen LogP contribution in [0.3, 0.4) is 0 Å². The van der Waals surface area contributed by atoms with Gasteiger partial charge in [-0.25, -0.2) is 9.07 Å². The minimum Gasteiger partial charge on any atom is -0.258 e. The van der Waals surface area contributed by atoms with Gasteiger partial charge in [0.05, 0.1) is 27.7 Å². The highest BCUT2D eigenvalue weighted by Gasteiger charge is 2.18. The van der Waals surface area contributed by atoms with Crippen molar-refractivity contribution >= 4 is 21.6 Å². The summed E-state index contributed by atoms with van der Waals surface area (Å²) >= 11 is 3.32. The van der Waals surface area contributed by atoms with Gasteiger partial charge in [0.15, 0.2) is 0 Å². The van der Waals surface area contributed by atoms with Gasteiger partial charge in [0.2, 0.25) is 0 Å². The van der Waals surface area contributed by atoms with Crippen molar-refractivity contribution in [3.8, 4) is 5.69 Å². The average molecular weight is 315 g/mol. The number of rotatable bonds is 3. The molecule has 0 fully saturated rings. The summed E-state index contributed by atoms with van der Waals surface area (Å²) < 4.78 is 14.3. The Morgan fingerprint density at radius 2 is 2.28 bits per heavy atom. The van der Waals surface area contributed by atoms with Crippen LogP contribution in [-0.4, -0.2) is 19.9 Å². The van der Waals surface area contributed by atoms with Gasteiger partial charge in [-0.05, 0) is 19.1 Å². The SMILES string of the molecule is CC(Br)c1cn(-c2ccc(F)cc2[N+](=O)[O-])nn1. The Morgan fingerprint density at radius 3 is 2.83 bits per heavy atom. The number of halogens is 2. The van der Waals surface area contributed by atoms with E-state index in [0.717, 1.165) is 12.1 Å². The molecule has 0 aliphatic carbocycles. The molecule has 2 aromatic rings. The third-order valence-corrected chi connectivity index (χ3v) is 2.77. The van der Waals surface area contributed by atoms with Crippen molar-refractivity contribution in [2.24, 2.45) is 0 Å². The molecule has 1 aromatic carbocycles. The number of hydrogen-bond donors (Lipinski definition) is 0. The second-order valence-corrected chi connectivity index (χ2v) is 4.97. The van der Waals surface area contributed by atoms with E-state index in [-0.39, 0.29) is 16.2 Å². The number of nitrogens with zero attached hydrogens (tertiary/aromatic N) is 4. The maximum absolute atomic E-state index is 13.0. The van der Waals surface area contributed by atoms with Gasteiger partial charge in [-0.1, -0.05) is 21.1 Å². The molecule has 0 spiro atoms. The molecule has 0 saturated carbocycles. The number of nitro benzene ring substituents is 1. The van der Waals surface area contributed by atoms with Crippen LogP contribution in [0.4, 0.5) is 10.1 Å². The average Bonchev–Trinajstić information content (AvgIpc) is 2.78. The lowest BCUT2D eigenvalue weighted by Crippen LogP contribution is -2.01. The van der Waals surface area contributed by atoms with E-state index in [1.54, 1.807) is 6.20 Å². The first kappa shape index (κ1) is 12.6. The van der Waals surface area contributed by atoms with E-state index >= 15 is 0 Å². The van der Waals surface area contributed by atoms with Crippen LogP contribution >= 0.6 is 15.9 Å².